The van der Waals surface area contributed by atoms with Gasteiger partial charge in [0.2, 0.25) is 0 Å². The van der Waals surface area contributed by atoms with Crippen molar-refractivity contribution in [2.45, 2.75) is 39.2 Å². The van der Waals surface area contributed by atoms with E-state index in [9.17, 15) is 0 Å². The van der Waals surface area contributed by atoms with Crippen LogP contribution in [-0.2, 0) is 27.7 Å². The summed E-state index contributed by atoms with van der Waals surface area (Å²) in [5, 5.41) is 0. The number of hydrogen-bond donors (Lipinski definition) is 0. The van der Waals surface area contributed by atoms with Gasteiger partial charge in [0.1, 0.15) is 0 Å². The molecule has 0 aliphatic carbocycles. The predicted molar refractivity (Wildman–Crippen MR) is 68.0 cm³/mol. The normalized spacial score (nSPS) is 9.50. The first-order valence-electron chi connectivity index (χ1n) is 5.73. The number of hydrogen-bond acceptors (Lipinski definition) is 1. The molecular weight excluding hydrogens is 317 g/mol. The molecule has 1 aromatic rings. The van der Waals surface area contributed by atoms with Crippen molar-refractivity contribution >= 4 is 13.6 Å². The van der Waals surface area contributed by atoms with Crippen LogP contribution in [0.1, 0.15) is 38.2 Å². The molecule has 3 heteroatoms. The Morgan fingerprint density at radius 3 is 2.50 bits per heavy atom. The van der Waals surface area contributed by atoms with Crippen LogP contribution < -0.4 is 0 Å². The van der Waals surface area contributed by atoms with Gasteiger partial charge in [-0.15, -0.1) is 5.56 Å². The Hall–Kier alpha value is 0.283. The molecule has 0 spiro atoms. The summed E-state index contributed by atoms with van der Waals surface area (Å²) in [5.41, 5.74) is 1.24. The molecular formula is C13H19BrOZn. The van der Waals surface area contributed by atoms with Gasteiger partial charge in [0, 0.05) is 13.2 Å². The van der Waals surface area contributed by atoms with Crippen molar-refractivity contribution < 1.29 is 21.1 Å². The van der Waals surface area contributed by atoms with Gasteiger partial charge in [-0.1, -0.05) is 26.2 Å². The van der Waals surface area contributed by atoms with Crippen LogP contribution in [-0.4, -0.2) is 6.61 Å². The van der Waals surface area contributed by atoms with Gasteiger partial charge in [-0.2, -0.15) is 30.3 Å². The summed E-state index contributed by atoms with van der Waals surface area (Å²) in [6.07, 6.45) is 5.09. The minimum absolute atomic E-state index is 0.737. The van der Waals surface area contributed by atoms with Gasteiger partial charge in [0.15, 0.2) is 0 Å². The summed E-state index contributed by atoms with van der Waals surface area (Å²) in [4.78, 5) is 0. The molecule has 1 aromatic carbocycles. The Labute approximate surface area is 116 Å². The van der Waals surface area contributed by atoms with E-state index in [0.717, 1.165) is 13.2 Å². The molecule has 0 heterocycles. The number of benzene rings is 1. The molecule has 0 amide bonds. The number of unbranched alkanes of at least 4 members (excludes halogenated alkanes) is 3. The fourth-order valence-electron chi connectivity index (χ4n) is 1.34. The monoisotopic (exact) mass is 334 g/mol. The van der Waals surface area contributed by atoms with Crippen LogP contribution in [0.25, 0.3) is 0 Å². The summed E-state index contributed by atoms with van der Waals surface area (Å²) >= 11 is 4.25. The molecule has 0 aromatic heterocycles. The summed E-state index contributed by atoms with van der Waals surface area (Å²) < 4.78 is 5.55. The number of ether oxygens (including phenoxy) is 1. The van der Waals surface area contributed by atoms with Gasteiger partial charge in [-0.25, -0.2) is 0 Å². The molecule has 0 N–H and O–H groups in total. The van der Waals surface area contributed by atoms with E-state index in [-0.39, 0.29) is 0 Å². The second-order valence-corrected chi connectivity index (χ2v) is 3.52. The molecule has 0 radical (unpaired) electrons. The van der Waals surface area contributed by atoms with Crippen molar-refractivity contribution in [1.82, 2.24) is 0 Å². The second kappa shape index (κ2) is 13.3. The van der Waals surface area contributed by atoms with Crippen LogP contribution in [0.4, 0.5) is 0 Å². The Bertz CT molecular complexity index is 229. The Balaban J connectivity index is 0.00000106. The molecule has 1 nitrogen and oxygen atoms in total. The Morgan fingerprint density at radius 1 is 1.19 bits per heavy atom. The zero-order valence-electron chi connectivity index (χ0n) is 10.0. The van der Waals surface area contributed by atoms with E-state index in [1.54, 1.807) is 0 Å². The molecule has 0 unspecified atom stereocenters. The van der Waals surface area contributed by atoms with Crippen molar-refractivity contribution in [3.63, 3.8) is 0 Å². The van der Waals surface area contributed by atoms with Crippen LogP contribution >= 0.6 is 13.6 Å². The quantitative estimate of drug-likeness (QED) is 0.407. The maximum absolute atomic E-state index is 5.55. The van der Waals surface area contributed by atoms with E-state index < -0.39 is 0 Å². The summed E-state index contributed by atoms with van der Waals surface area (Å²) in [6.45, 7) is 3.85. The zero-order chi connectivity index (χ0) is 12.1. The molecule has 0 bridgehead atoms. The molecule has 0 fully saturated rings. The maximum atomic E-state index is 5.55. The van der Waals surface area contributed by atoms with Crippen LogP contribution in [0, 0.1) is 6.07 Å². The third kappa shape index (κ3) is 9.51. The van der Waals surface area contributed by atoms with Crippen molar-refractivity contribution in [1.29, 1.82) is 0 Å². The van der Waals surface area contributed by atoms with Crippen LogP contribution in [0.15, 0.2) is 24.3 Å². The standard InChI is InChI=1S/C13H19O.BrH.Zn/c1-2-3-4-8-11-14-12-13-9-6-5-7-10-13;;/h6-7,9-10H,2-4,8,11-12H2,1H3;1H;/q-1;;+2/p-1. The third-order valence-electron chi connectivity index (χ3n) is 2.20. The summed E-state index contributed by atoms with van der Waals surface area (Å²) in [7, 11) is 0. The molecule has 0 atom stereocenters. The fraction of sp³-hybridized carbons (Fsp3) is 0.538. The molecule has 0 aliphatic rings. The SMILES string of the molecule is CCCCCCOCc1cc[c-]cc1.[Zn+][Br]. The van der Waals surface area contributed by atoms with Crippen molar-refractivity contribution in [3.8, 4) is 0 Å². The van der Waals surface area contributed by atoms with Crippen LogP contribution in [0.2, 0.25) is 0 Å². The van der Waals surface area contributed by atoms with E-state index in [2.05, 4.69) is 26.6 Å². The summed E-state index contributed by atoms with van der Waals surface area (Å²) in [5.74, 6) is 0. The van der Waals surface area contributed by atoms with Crippen molar-refractivity contribution in [3.05, 3.63) is 35.9 Å². The van der Waals surface area contributed by atoms with Crippen molar-refractivity contribution in [2.75, 3.05) is 6.61 Å². The number of halogens is 1. The van der Waals surface area contributed by atoms with E-state index in [0.29, 0.717) is 0 Å². The Kier molecular flexibility index (Phi) is 13.6. The average Bonchev–Trinajstić information content (AvgIpc) is 2.37. The first-order valence-corrected chi connectivity index (χ1v) is 12.7. The van der Waals surface area contributed by atoms with E-state index in [1.807, 2.05) is 24.3 Å². The second-order valence-electron chi connectivity index (χ2n) is 3.52. The molecule has 16 heavy (non-hydrogen) atoms. The van der Waals surface area contributed by atoms with Gasteiger partial charge >= 0.3 is 30.0 Å². The molecule has 86 valence electrons. The topological polar surface area (TPSA) is 9.23 Å². The summed E-state index contributed by atoms with van der Waals surface area (Å²) in [6, 6.07) is 10.9. The first kappa shape index (κ1) is 16.3. The molecule has 0 aliphatic heterocycles. The van der Waals surface area contributed by atoms with Crippen molar-refractivity contribution in [2.24, 2.45) is 0 Å². The van der Waals surface area contributed by atoms with E-state index >= 15 is 0 Å². The van der Waals surface area contributed by atoms with E-state index in [1.165, 1.54) is 47.6 Å². The van der Waals surface area contributed by atoms with E-state index in [4.69, 9.17) is 4.74 Å². The van der Waals surface area contributed by atoms with Gasteiger partial charge in [-0.05, 0) is 6.42 Å². The first-order chi connectivity index (χ1) is 7.93. The average molecular weight is 337 g/mol. The van der Waals surface area contributed by atoms with Gasteiger partial charge in [-0.3, -0.25) is 0 Å². The molecule has 0 saturated heterocycles. The van der Waals surface area contributed by atoms with Gasteiger partial charge in [0.05, 0.1) is 0 Å². The van der Waals surface area contributed by atoms with Gasteiger partial charge < -0.3 is 4.74 Å². The number of rotatable bonds is 7. The van der Waals surface area contributed by atoms with Crippen LogP contribution in [0.3, 0.4) is 0 Å². The Morgan fingerprint density at radius 2 is 1.88 bits per heavy atom. The zero-order valence-corrected chi connectivity index (χ0v) is 14.6. The van der Waals surface area contributed by atoms with Gasteiger partial charge in [0.25, 0.3) is 0 Å². The minimum atomic E-state index is 0.737. The fourth-order valence-corrected chi connectivity index (χ4v) is 1.34. The van der Waals surface area contributed by atoms with Crippen LogP contribution in [0.5, 0.6) is 0 Å². The predicted octanol–water partition coefficient (Wildman–Crippen LogP) is 4.43. The molecule has 1 rings (SSSR count). The third-order valence-corrected chi connectivity index (χ3v) is 2.20. The molecule has 0 saturated carbocycles.